The highest BCUT2D eigenvalue weighted by molar-refractivity contribution is 7.86. The maximum atomic E-state index is 13.0. The SMILES string of the molecule is O=C(O)CC(C(=O)O)c1ccc(N=Nc2c(S(=O)(=O)O)cc3cc(NC(=O)C(=O)Nc4ccc5c(O)c(N=Nc6ccc(C(CC(=O)O)C(=O)O)cc6)c(S(=O)(=O)O)cc5c4)ccc3c2O)cc1. The summed E-state index contributed by atoms with van der Waals surface area (Å²) in [7, 11) is -10.2. The van der Waals surface area contributed by atoms with E-state index in [1.54, 1.807) is 0 Å². The number of rotatable bonds is 16. The fourth-order valence-corrected chi connectivity index (χ4v) is 7.94. The molecule has 350 valence electrons. The minimum absolute atomic E-state index is 0.0154. The topological polar surface area (TPSA) is 406 Å². The summed E-state index contributed by atoms with van der Waals surface area (Å²) in [6.07, 6.45) is -1.41. The highest BCUT2D eigenvalue weighted by Gasteiger charge is 2.27. The Morgan fingerprint density at radius 1 is 0.485 bits per heavy atom. The van der Waals surface area contributed by atoms with Crippen LogP contribution in [0.15, 0.2) is 127 Å². The van der Waals surface area contributed by atoms with Crippen LogP contribution >= 0.6 is 0 Å². The average molecular weight is 973 g/mol. The summed E-state index contributed by atoms with van der Waals surface area (Å²) in [5.41, 5.74) is -1.37. The lowest BCUT2D eigenvalue weighted by Gasteiger charge is -2.12. The Labute approximate surface area is 381 Å². The molecule has 0 spiro atoms. The van der Waals surface area contributed by atoms with Crippen LogP contribution in [0, 0.1) is 0 Å². The maximum Gasteiger partial charge on any atom is 0.314 e. The molecule has 0 bridgehead atoms. The van der Waals surface area contributed by atoms with E-state index < -0.39 is 113 Å². The minimum Gasteiger partial charge on any atom is -0.505 e. The summed E-state index contributed by atoms with van der Waals surface area (Å²) in [5.74, 6) is -12.4. The van der Waals surface area contributed by atoms with Crippen molar-refractivity contribution in [3.05, 3.63) is 108 Å². The number of amides is 2. The smallest absolute Gasteiger partial charge is 0.314 e. The fraction of sp³-hybridized carbons (Fsp3) is 0.0952. The van der Waals surface area contributed by atoms with E-state index >= 15 is 0 Å². The van der Waals surface area contributed by atoms with Gasteiger partial charge < -0.3 is 41.3 Å². The molecular weight excluding hydrogens is 941 g/mol. The van der Waals surface area contributed by atoms with E-state index in [2.05, 4.69) is 31.1 Å². The predicted molar refractivity (Wildman–Crippen MR) is 235 cm³/mol. The molecule has 2 amide bonds. The summed E-state index contributed by atoms with van der Waals surface area (Å²) in [6, 6.07) is 19.0. The molecule has 2 unspecified atom stereocenters. The summed E-state index contributed by atoms with van der Waals surface area (Å²) >= 11 is 0. The van der Waals surface area contributed by atoms with Crippen molar-refractivity contribution in [2.24, 2.45) is 20.5 Å². The van der Waals surface area contributed by atoms with Crippen molar-refractivity contribution >= 4 is 112 Å². The van der Waals surface area contributed by atoms with Gasteiger partial charge in [0.15, 0.2) is 11.5 Å². The van der Waals surface area contributed by atoms with Crippen molar-refractivity contribution in [2.75, 3.05) is 10.6 Å². The van der Waals surface area contributed by atoms with Gasteiger partial charge in [0.1, 0.15) is 21.2 Å². The highest BCUT2D eigenvalue weighted by atomic mass is 32.2. The molecule has 6 aromatic carbocycles. The number of benzene rings is 6. The molecule has 24 nitrogen and oxygen atoms in total. The number of carbonyl (C=O) groups excluding carboxylic acids is 2. The molecule has 10 N–H and O–H groups in total. The number of aromatic hydroxyl groups is 2. The zero-order valence-corrected chi connectivity index (χ0v) is 35.7. The van der Waals surface area contributed by atoms with Gasteiger partial charge in [0.2, 0.25) is 0 Å². The van der Waals surface area contributed by atoms with E-state index in [4.69, 9.17) is 10.2 Å². The number of carbonyl (C=O) groups is 6. The van der Waals surface area contributed by atoms with Gasteiger partial charge in [-0.05, 0) is 94.7 Å². The van der Waals surface area contributed by atoms with Gasteiger partial charge in [-0.15, -0.1) is 10.2 Å². The minimum atomic E-state index is -5.12. The Kier molecular flexibility index (Phi) is 13.9. The van der Waals surface area contributed by atoms with Crippen molar-refractivity contribution in [1.82, 2.24) is 0 Å². The first kappa shape index (κ1) is 48.7. The van der Waals surface area contributed by atoms with E-state index in [9.17, 15) is 75.1 Å². The van der Waals surface area contributed by atoms with Gasteiger partial charge in [-0.25, -0.2) is 0 Å². The number of nitrogens with zero attached hydrogens (tertiary/aromatic N) is 4. The van der Waals surface area contributed by atoms with Gasteiger partial charge in [0, 0.05) is 22.1 Å². The van der Waals surface area contributed by atoms with Crippen LogP contribution in [-0.2, 0) is 49.0 Å². The molecule has 26 heteroatoms. The van der Waals surface area contributed by atoms with Gasteiger partial charge in [0.05, 0.1) is 36.1 Å². The summed E-state index contributed by atoms with van der Waals surface area (Å²) in [5, 5.41) is 78.5. The first-order valence-corrected chi connectivity index (χ1v) is 21.9. The second-order valence-corrected chi connectivity index (χ2v) is 17.2. The summed E-state index contributed by atoms with van der Waals surface area (Å²) in [6.45, 7) is 0. The number of phenols is 2. The molecule has 0 heterocycles. The molecule has 0 fully saturated rings. The van der Waals surface area contributed by atoms with E-state index in [1.807, 2.05) is 0 Å². The third-order valence-electron chi connectivity index (χ3n) is 9.86. The fourth-order valence-electron chi connectivity index (χ4n) is 6.63. The second kappa shape index (κ2) is 19.4. The Morgan fingerprint density at radius 3 is 1.12 bits per heavy atom. The van der Waals surface area contributed by atoms with Crippen LogP contribution in [0.4, 0.5) is 34.1 Å². The van der Waals surface area contributed by atoms with E-state index in [0.717, 1.165) is 24.3 Å². The van der Waals surface area contributed by atoms with Crippen molar-refractivity contribution in [3.8, 4) is 11.5 Å². The first-order valence-electron chi connectivity index (χ1n) is 19.0. The van der Waals surface area contributed by atoms with Crippen LogP contribution in [0.5, 0.6) is 11.5 Å². The van der Waals surface area contributed by atoms with Crippen molar-refractivity contribution in [3.63, 3.8) is 0 Å². The van der Waals surface area contributed by atoms with Gasteiger partial charge in [0.25, 0.3) is 20.2 Å². The van der Waals surface area contributed by atoms with Gasteiger partial charge in [-0.1, -0.05) is 24.3 Å². The number of carboxylic acids is 4. The van der Waals surface area contributed by atoms with Crippen LogP contribution in [0.1, 0.15) is 35.8 Å². The lowest BCUT2D eigenvalue weighted by Crippen LogP contribution is -2.29. The molecule has 0 aliphatic carbocycles. The Balaban J connectivity index is 1.20. The number of nitrogens with one attached hydrogen (secondary N) is 2. The Morgan fingerprint density at radius 2 is 0.824 bits per heavy atom. The van der Waals surface area contributed by atoms with Crippen LogP contribution < -0.4 is 10.6 Å². The average Bonchev–Trinajstić information content (AvgIpc) is 3.26. The molecular formula is C42H32N6O18S2. The zero-order valence-electron chi connectivity index (χ0n) is 34.1. The Bertz CT molecular complexity index is 3150. The Hall–Kier alpha value is -8.72. The lowest BCUT2D eigenvalue weighted by molar-refractivity contribution is -0.145. The lowest BCUT2D eigenvalue weighted by atomic mass is 9.96. The third-order valence-corrected chi connectivity index (χ3v) is 11.6. The number of phenolic OH excluding ortho intramolecular Hbond substituents is 2. The molecule has 0 radical (unpaired) electrons. The van der Waals surface area contributed by atoms with Crippen molar-refractivity contribution < 1.29 is 85.3 Å². The first-order chi connectivity index (χ1) is 31.9. The van der Waals surface area contributed by atoms with E-state index in [1.165, 1.54) is 72.8 Å². The number of aliphatic carboxylic acids is 4. The van der Waals surface area contributed by atoms with Gasteiger partial charge in [-0.3, -0.25) is 37.9 Å². The molecule has 68 heavy (non-hydrogen) atoms. The van der Waals surface area contributed by atoms with Gasteiger partial charge >= 0.3 is 35.7 Å². The monoisotopic (exact) mass is 972 g/mol. The van der Waals surface area contributed by atoms with E-state index in [0.29, 0.717) is 0 Å². The standard InChI is InChI=1S/C42H32N6O18S2/c49-33(50)17-29(41(57)58)19-1-5-23(6-2-19)45-47-35-31(67(61,62)63)15-21-13-25(9-11-27(21)37(35)53)43-39(55)40(56)44-26-10-12-28-22(14-26)16-32(68(64,65)66)36(38(28)54)48-46-24-7-3-20(4-8-24)30(42(59)60)18-34(51)52/h1-16,29-30,53-54H,17-18H2,(H,43,55)(H,44,56)(H,49,50)(H,51,52)(H,57,58)(H,59,60)(H,61,62,63)(H,64,65,66). The van der Waals surface area contributed by atoms with Crippen LogP contribution in [-0.4, -0.2) is 92.3 Å². The number of anilines is 2. The third kappa shape index (κ3) is 11.2. The largest absolute Gasteiger partial charge is 0.505 e. The second-order valence-electron chi connectivity index (χ2n) is 14.4. The van der Waals surface area contributed by atoms with Crippen LogP contribution in [0.3, 0.4) is 0 Å². The quantitative estimate of drug-likeness (QED) is 0.0277. The molecule has 6 aromatic rings. The molecule has 0 aromatic heterocycles. The van der Waals surface area contributed by atoms with Crippen molar-refractivity contribution in [2.45, 2.75) is 34.5 Å². The predicted octanol–water partition coefficient (Wildman–Crippen LogP) is 6.59. The molecule has 2 atom stereocenters. The van der Waals surface area contributed by atoms with Crippen LogP contribution in [0.2, 0.25) is 0 Å². The summed E-state index contributed by atoms with van der Waals surface area (Å²) < 4.78 is 69.7. The zero-order chi connectivity index (χ0) is 49.8. The highest BCUT2D eigenvalue weighted by Crippen LogP contribution is 2.44. The number of fused-ring (bicyclic) bond motifs is 2. The van der Waals surface area contributed by atoms with Crippen LogP contribution in [0.25, 0.3) is 21.5 Å². The number of hydrogen-bond donors (Lipinski definition) is 10. The normalized spacial score (nSPS) is 12.8. The summed E-state index contributed by atoms with van der Waals surface area (Å²) in [4.78, 5) is 69.4. The van der Waals surface area contributed by atoms with Crippen molar-refractivity contribution in [1.29, 1.82) is 0 Å². The molecule has 0 saturated heterocycles. The molecule has 0 aliphatic rings. The van der Waals surface area contributed by atoms with Gasteiger partial charge in [-0.2, -0.15) is 27.1 Å². The van der Waals surface area contributed by atoms with E-state index in [-0.39, 0.29) is 55.4 Å². The number of azo groups is 2. The maximum absolute atomic E-state index is 13.0. The molecule has 0 aliphatic heterocycles. The molecule has 0 saturated carbocycles. The number of carboxylic acid groups (broad SMARTS) is 4. The number of hydrogen-bond acceptors (Lipinski definition) is 16. The molecule has 6 rings (SSSR count).